The van der Waals surface area contributed by atoms with Gasteiger partial charge in [0, 0.05) is 17.3 Å². The van der Waals surface area contributed by atoms with Crippen LogP contribution in [0.3, 0.4) is 0 Å². The number of hydrogen-bond acceptors (Lipinski definition) is 5. The third kappa shape index (κ3) is 4.55. The van der Waals surface area contributed by atoms with Gasteiger partial charge >= 0.3 is 6.03 Å². The first-order valence-corrected chi connectivity index (χ1v) is 12.1. The molecule has 7 nitrogen and oxygen atoms in total. The van der Waals surface area contributed by atoms with E-state index in [1.54, 1.807) is 30.3 Å². The van der Waals surface area contributed by atoms with Crippen LogP contribution in [0.4, 0.5) is 16.2 Å². The Balaban J connectivity index is 1.69. The van der Waals surface area contributed by atoms with E-state index >= 15 is 0 Å². The molecule has 0 aromatic heterocycles. The van der Waals surface area contributed by atoms with Crippen molar-refractivity contribution in [3.8, 4) is 5.75 Å². The number of rotatable bonds is 5. The van der Waals surface area contributed by atoms with Gasteiger partial charge in [0.15, 0.2) is 0 Å². The number of carbonyl (C=O) groups excluding carboxylic acids is 3. The molecule has 0 spiro atoms. The number of ether oxygens (including phenoxy) is 1. The van der Waals surface area contributed by atoms with Crippen molar-refractivity contribution in [1.29, 1.82) is 0 Å². The normalized spacial score (nSPS) is 20.8. The summed E-state index contributed by atoms with van der Waals surface area (Å²) in [5.74, 6) is -0.391. The lowest BCUT2D eigenvalue weighted by atomic mass is 9.78. The number of hydrogen-bond donors (Lipinski definition) is 1. The average Bonchev–Trinajstić information content (AvgIpc) is 2.77. The van der Waals surface area contributed by atoms with Gasteiger partial charge in [-0.2, -0.15) is 0 Å². The second-order valence-electron chi connectivity index (χ2n) is 10.1. The molecule has 1 atom stereocenters. The molecule has 7 heteroatoms. The fourth-order valence-electron chi connectivity index (χ4n) is 5.45. The number of imide groups is 2. The minimum atomic E-state index is -0.768. The van der Waals surface area contributed by atoms with Gasteiger partial charge < -0.3 is 9.64 Å². The van der Waals surface area contributed by atoms with Crippen molar-refractivity contribution in [1.82, 2.24) is 5.32 Å². The van der Waals surface area contributed by atoms with E-state index in [4.69, 9.17) is 4.74 Å². The molecule has 2 aromatic rings. The molecule has 2 aromatic carbocycles. The van der Waals surface area contributed by atoms with Gasteiger partial charge in [-0.3, -0.25) is 14.9 Å². The molecule has 0 aliphatic carbocycles. The van der Waals surface area contributed by atoms with Gasteiger partial charge in [0.1, 0.15) is 11.3 Å². The first-order valence-electron chi connectivity index (χ1n) is 12.1. The lowest BCUT2D eigenvalue weighted by Gasteiger charge is -2.50. The van der Waals surface area contributed by atoms with Crippen LogP contribution in [0, 0.1) is 0 Å². The van der Waals surface area contributed by atoms with E-state index in [-0.39, 0.29) is 11.1 Å². The fourth-order valence-corrected chi connectivity index (χ4v) is 5.45. The molecule has 2 aliphatic rings. The molecule has 0 radical (unpaired) electrons. The molecule has 4 rings (SSSR count). The Kier molecular flexibility index (Phi) is 6.45. The summed E-state index contributed by atoms with van der Waals surface area (Å²) in [4.78, 5) is 41.9. The summed E-state index contributed by atoms with van der Waals surface area (Å²) in [6.07, 6.45) is 2.57. The molecule has 0 bridgehead atoms. The van der Waals surface area contributed by atoms with E-state index in [0.29, 0.717) is 30.0 Å². The molecule has 2 heterocycles. The van der Waals surface area contributed by atoms with E-state index in [9.17, 15) is 14.4 Å². The van der Waals surface area contributed by atoms with Gasteiger partial charge in [0.2, 0.25) is 0 Å². The molecule has 0 saturated carbocycles. The summed E-state index contributed by atoms with van der Waals surface area (Å²) < 4.78 is 5.44. The summed E-state index contributed by atoms with van der Waals surface area (Å²) in [6, 6.07) is 12.2. The largest absolute Gasteiger partial charge is 0.494 e. The number of urea groups is 1. The van der Waals surface area contributed by atoms with E-state index < -0.39 is 17.8 Å². The number of nitrogens with zero attached hydrogens (tertiary/aromatic N) is 2. The molecule has 2 aliphatic heterocycles. The molecule has 1 N–H and O–H groups in total. The summed E-state index contributed by atoms with van der Waals surface area (Å²) in [5.41, 5.74) is 3.43. The van der Waals surface area contributed by atoms with Crippen molar-refractivity contribution >= 4 is 35.3 Å². The van der Waals surface area contributed by atoms with Crippen LogP contribution < -0.4 is 19.9 Å². The topological polar surface area (TPSA) is 79.0 Å². The highest BCUT2D eigenvalue weighted by Gasteiger charge is 2.39. The zero-order chi connectivity index (χ0) is 25.5. The first-order chi connectivity index (χ1) is 16.5. The summed E-state index contributed by atoms with van der Waals surface area (Å²) in [7, 11) is 0. The highest BCUT2D eigenvalue weighted by Crippen LogP contribution is 2.44. The average molecular weight is 476 g/mol. The Hall–Kier alpha value is -3.61. The van der Waals surface area contributed by atoms with Gasteiger partial charge in [-0.1, -0.05) is 13.0 Å². The van der Waals surface area contributed by atoms with Crippen molar-refractivity contribution in [2.75, 3.05) is 16.4 Å². The van der Waals surface area contributed by atoms with E-state index in [1.165, 1.54) is 11.3 Å². The number of carbonyl (C=O) groups is 3. The van der Waals surface area contributed by atoms with Gasteiger partial charge in [0.05, 0.1) is 12.3 Å². The van der Waals surface area contributed by atoms with Gasteiger partial charge in [0.25, 0.3) is 11.8 Å². The van der Waals surface area contributed by atoms with Gasteiger partial charge in [-0.25, -0.2) is 9.69 Å². The Morgan fingerprint density at radius 1 is 1.11 bits per heavy atom. The maximum Gasteiger partial charge on any atom is 0.335 e. The number of fused-ring (bicyclic) bond motifs is 1. The highest BCUT2D eigenvalue weighted by molar-refractivity contribution is 6.39. The maximum absolute atomic E-state index is 13.3. The van der Waals surface area contributed by atoms with E-state index in [2.05, 4.69) is 57.0 Å². The van der Waals surface area contributed by atoms with Crippen LogP contribution in [0.2, 0.25) is 0 Å². The van der Waals surface area contributed by atoms with Crippen LogP contribution in [0.25, 0.3) is 6.08 Å². The lowest BCUT2D eigenvalue weighted by molar-refractivity contribution is -0.122. The predicted molar refractivity (Wildman–Crippen MR) is 138 cm³/mol. The molecular weight excluding hydrogens is 442 g/mol. The molecular formula is C28H33N3O4. The first kappa shape index (κ1) is 24.5. The summed E-state index contributed by atoms with van der Waals surface area (Å²) >= 11 is 0. The monoisotopic (exact) mass is 475 g/mol. The Labute approximate surface area is 206 Å². The second-order valence-corrected chi connectivity index (χ2v) is 10.1. The van der Waals surface area contributed by atoms with Crippen LogP contribution in [-0.2, 0) is 9.59 Å². The SMILES string of the molecule is CCOc1ccc(N2C(=O)NC(=O)/C(=C\c3ccc4c(c3)[C@H](C)CC(C)(C)N4C(C)C)C2=O)cc1. The molecule has 0 unspecified atom stereocenters. The Bertz CT molecular complexity index is 1200. The van der Waals surface area contributed by atoms with Crippen molar-refractivity contribution in [3.05, 3.63) is 59.2 Å². The zero-order valence-electron chi connectivity index (χ0n) is 21.2. The summed E-state index contributed by atoms with van der Waals surface area (Å²) in [5, 5.41) is 2.29. The lowest BCUT2D eigenvalue weighted by Crippen LogP contribution is -2.54. The molecule has 35 heavy (non-hydrogen) atoms. The minimum Gasteiger partial charge on any atom is -0.494 e. The van der Waals surface area contributed by atoms with Crippen molar-refractivity contribution in [3.63, 3.8) is 0 Å². The summed E-state index contributed by atoms with van der Waals surface area (Å²) in [6.45, 7) is 13.5. The Morgan fingerprint density at radius 2 is 1.80 bits per heavy atom. The zero-order valence-corrected chi connectivity index (χ0v) is 21.2. The number of amides is 4. The maximum atomic E-state index is 13.3. The predicted octanol–water partition coefficient (Wildman–Crippen LogP) is 5.25. The van der Waals surface area contributed by atoms with Crippen LogP contribution in [0.1, 0.15) is 65.0 Å². The number of benzene rings is 2. The van der Waals surface area contributed by atoms with Crippen LogP contribution >= 0.6 is 0 Å². The number of nitrogens with one attached hydrogen (secondary N) is 1. The molecule has 184 valence electrons. The van der Waals surface area contributed by atoms with Crippen molar-refractivity contribution < 1.29 is 19.1 Å². The standard InChI is InChI=1S/C28H33N3O4/c1-7-35-21-11-9-20(10-12-21)30-26(33)23(25(32)29-27(30)34)15-19-8-13-24-22(14-19)18(4)16-28(5,6)31(24)17(2)3/h8-15,17-18H,7,16H2,1-6H3,(H,29,32,34)/b23-15+/t18-/m1/s1. The van der Waals surface area contributed by atoms with Crippen molar-refractivity contribution in [2.45, 2.75) is 65.5 Å². The molecule has 1 saturated heterocycles. The number of anilines is 2. The van der Waals surface area contributed by atoms with E-state index in [0.717, 1.165) is 16.9 Å². The van der Waals surface area contributed by atoms with Gasteiger partial charge in [-0.05, 0) is 101 Å². The highest BCUT2D eigenvalue weighted by atomic mass is 16.5. The van der Waals surface area contributed by atoms with Crippen LogP contribution in [0.5, 0.6) is 5.75 Å². The third-order valence-electron chi connectivity index (χ3n) is 6.63. The van der Waals surface area contributed by atoms with E-state index in [1.807, 2.05) is 13.0 Å². The van der Waals surface area contributed by atoms with Crippen LogP contribution in [0.15, 0.2) is 48.0 Å². The van der Waals surface area contributed by atoms with Gasteiger partial charge in [-0.15, -0.1) is 0 Å². The third-order valence-corrected chi connectivity index (χ3v) is 6.63. The second kappa shape index (κ2) is 9.21. The van der Waals surface area contributed by atoms with Crippen molar-refractivity contribution in [2.24, 2.45) is 0 Å². The quantitative estimate of drug-likeness (QED) is 0.472. The number of barbiturate groups is 1. The van der Waals surface area contributed by atoms with Crippen LogP contribution in [-0.4, -0.2) is 36.0 Å². The molecule has 4 amide bonds. The minimum absolute atomic E-state index is 0.0262. The fraction of sp³-hybridized carbons (Fsp3) is 0.393. The smallest absolute Gasteiger partial charge is 0.335 e. The molecule has 1 fully saturated rings. The Morgan fingerprint density at radius 3 is 2.43 bits per heavy atom.